The smallest absolute Gasteiger partial charge is 0.227 e. The third kappa shape index (κ3) is 4.57. The summed E-state index contributed by atoms with van der Waals surface area (Å²) in [5.74, 6) is 0.495. The van der Waals surface area contributed by atoms with Gasteiger partial charge >= 0.3 is 0 Å². The lowest BCUT2D eigenvalue weighted by molar-refractivity contribution is -0.131. The van der Waals surface area contributed by atoms with Crippen LogP contribution in [0.5, 0.6) is 0 Å². The van der Waals surface area contributed by atoms with Gasteiger partial charge in [0.15, 0.2) is 0 Å². The first-order valence-electron chi connectivity index (χ1n) is 11.7. The topological polar surface area (TPSA) is 91.6 Å². The largest absolute Gasteiger partial charge is 0.389 e. The van der Waals surface area contributed by atoms with Gasteiger partial charge in [0.05, 0.1) is 64.7 Å². The van der Waals surface area contributed by atoms with Crippen LogP contribution in [0.15, 0.2) is 24.5 Å². The van der Waals surface area contributed by atoms with Crippen molar-refractivity contribution >= 4 is 39.8 Å². The number of nitrogens with zero attached hydrogens (tertiary/aromatic N) is 6. The molecule has 5 rings (SSSR count). The molecule has 0 spiro atoms. The lowest BCUT2D eigenvalue weighted by Crippen LogP contribution is -2.64. The highest BCUT2D eigenvalue weighted by atomic mass is 35.5. The Hall–Kier alpha value is -2.46. The van der Waals surface area contributed by atoms with E-state index < -0.39 is 5.60 Å². The first-order valence-corrected chi connectivity index (χ1v) is 12.0. The lowest BCUT2D eigenvalue weighted by Gasteiger charge is -2.50. The number of hydrogen-bond acceptors (Lipinski definition) is 8. The summed E-state index contributed by atoms with van der Waals surface area (Å²) in [5, 5.41) is 19.4. The Balaban J connectivity index is 1.34. The average molecular weight is 486 g/mol. The van der Waals surface area contributed by atoms with Crippen LogP contribution < -0.4 is 10.2 Å². The van der Waals surface area contributed by atoms with Crippen molar-refractivity contribution in [3.8, 4) is 0 Å². The van der Waals surface area contributed by atoms with E-state index in [1.807, 2.05) is 13.0 Å². The SMILES string of the molecule is Cc1c(Nc2ncc3cc(Cl)c(N4CCN(C5(C)COC5)CC4)cc3n2)cnn1CC(C)(C)O. The number of rotatable bonds is 6. The van der Waals surface area contributed by atoms with E-state index in [0.717, 1.165) is 67.4 Å². The van der Waals surface area contributed by atoms with Crippen LogP contribution in [-0.4, -0.2) is 80.3 Å². The summed E-state index contributed by atoms with van der Waals surface area (Å²) >= 11 is 6.67. The Labute approximate surface area is 204 Å². The quantitative estimate of drug-likeness (QED) is 0.550. The molecule has 0 unspecified atom stereocenters. The fourth-order valence-corrected chi connectivity index (χ4v) is 4.92. The molecule has 0 atom stereocenters. The van der Waals surface area contributed by atoms with E-state index in [9.17, 15) is 5.11 Å². The Morgan fingerprint density at radius 1 is 1.18 bits per heavy atom. The highest BCUT2D eigenvalue weighted by Gasteiger charge is 2.40. The van der Waals surface area contributed by atoms with Gasteiger partial charge in [-0.05, 0) is 39.8 Å². The molecule has 34 heavy (non-hydrogen) atoms. The number of piperazine rings is 1. The van der Waals surface area contributed by atoms with Gasteiger partial charge < -0.3 is 20.1 Å². The van der Waals surface area contributed by atoms with E-state index in [4.69, 9.17) is 21.3 Å². The van der Waals surface area contributed by atoms with Crippen LogP contribution in [-0.2, 0) is 11.3 Å². The lowest BCUT2D eigenvalue weighted by atomic mass is 9.97. The second kappa shape index (κ2) is 8.64. The average Bonchev–Trinajstić information content (AvgIpc) is 3.09. The molecule has 2 saturated heterocycles. The Kier molecular flexibility index (Phi) is 5.92. The Morgan fingerprint density at radius 2 is 1.91 bits per heavy atom. The normalized spacial score (nSPS) is 18.8. The second-order valence-corrected chi connectivity index (χ2v) is 10.7. The molecule has 182 valence electrons. The Morgan fingerprint density at radius 3 is 2.56 bits per heavy atom. The van der Waals surface area contributed by atoms with Crippen molar-refractivity contribution in [1.82, 2.24) is 24.6 Å². The number of ether oxygens (including phenoxy) is 1. The summed E-state index contributed by atoms with van der Waals surface area (Å²) in [6.45, 7) is 13.6. The maximum Gasteiger partial charge on any atom is 0.227 e. The molecule has 2 aromatic heterocycles. The van der Waals surface area contributed by atoms with Gasteiger partial charge in [-0.2, -0.15) is 5.10 Å². The van der Waals surface area contributed by atoms with Crippen molar-refractivity contribution in [3.63, 3.8) is 0 Å². The maximum atomic E-state index is 10.1. The van der Waals surface area contributed by atoms with Crippen LogP contribution in [0.3, 0.4) is 0 Å². The van der Waals surface area contributed by atoms with Crippen molar-refractivity contribution < 1.29 is 9.84 Å². The van der Waals surface area contributed by atoms with Crippen LogP contribution in [0.1, 0.15) is 26.5 Å². The molecule has 1 aromatic carbocycles. The summed E-state index contributed by atoms with van der Waals surface area (Å²) in [6, 6.07) is 4.00. The number of aromatic nitrogens is 4. The van der Waals surface area contributed by atoms with Crippen molar-refractivity contribution in [2.45, 2.75) is 45.4 Å². The Bertz CT molecular complexity index is 1190. The van der Waals surface area contributed by atoms with Crippen molar-refractivity contribution in [2.75, 3.05) is 49.6 Å². The molecule has 10 heteroatoms. The molecule has 0 radical (unpaired) electrons. The highest BCUT2D eigenvalue weighted by molar-refractivity contribution is 6.34. The molecule has 2 fully saturated rings. The van der Waals surface area contributed by atoms with Crippen LogP contribution in [0.25, 0.3) is 10.9 Å². The minimum atomic E-state index is -0.849. The number of benzene rings is 1. The summed E-state index contributed by atoms with van der Waals surface area (Å²) in [6.07, 6.45) is 3.52. The minimum Gasteiger partial charge on any atom is -0.389 e. The number of aliphatic hydroxyl groups is 1. The van der Waals surface area contributed by atoms with E-state index in [1.54, 1.807) is 30.9 Å². The number of hydrogen-bond donors (Lipinski definition) is 2. The van der Waals surface area contributed by atoms with E-state index in [1.165, 1.54) is 0 Å². The maximum absolute atomic E-state index is 10.1. The van der Waals surface area contributed by atoms with Gasteiger partial charge in [-0.3, -0.25) is 9.58 Å². The second-order valence-electron chi connectivity index (χ2n) is 10.3. The van der Waals surface area contributed by atoms with Gasteiger partial charge in [0.2, 0.25) is 5.95 Å². The summed E-state index contributed by atoms with van der Waals surface area (Å²) in [4.78, 5) is 14.1. The van der Waals surface area contributed by atoms with Gasteiger partial charge in [0.1, 0.15) is 0 Å². The van der Waals surface area contributed by atoms with E-state index >= 15 is 0 Å². The summed E-state index contributed by atoms with van der Waals surface area (Å²) in [5.41, 5.74) is 2.88. The first-order chi connectivity index (χ1) is 16.1. The van der Waals surface area contributed by atoms with Gasteiger partial charge in [-0.25, -0.2) is 9.97 Å². The van der Waals surface area contributed by atoms with E-state index in [2.05, 4.69) is 38.2 Å². The zero-order valence-electron chi connectivity index (χ0n) is 20.2. The van der Waals surface area contributed by atoms with Crippen LogP contribution in [0.4, 0.5) is 17.3 Å². The molecule has 4 heterocycles. The first kappa shape index (κ1) is 23.3. The van der Waals surface area contributed by atoms with E-state index in [-0.39, 0.29) is 5.54 Å². The van der Waals surface area contributed by atoms with Gasteiger partial charge in [0, 0.05) is 37.8 Å². The zero-order valence-corrected chi connectivity index (χ0v) is 20.9. The molecule has 0 saturated carbocycles. The fourth-order valence-electron chi connectivity index (χ4n) is 4.63. The predicted octanol–water partition coefficient (Wildman–Crippen LogP) is 3.21. The molecule has 0 bridgehead atoms. The van der Waals surface area contributed by atoms with Gasteiger partial charge in [-0.15, -0.1) is 0 Å². The fraction of sp³-hybridized carbons (Fsp3) is 0.542. The number of nitrogens with one attached hydrogen (secondary N) is 1. The number of anilines is 3. The van der Waals surface area contributed by atoms with Crippen molar-refractivity contribution in [3.05, 3.63) is 35.2 Å². The summed E-state index contributed by atoms with van der Waals surface area (Å²) < 4.78 is 7.22. The molecule has 2 aliphatic heterocycles. The molecule has 2 N–H and O–H groups in total. The molecule has 2 aliphatic rings. The van der Waals surface area contributed by atoms with Gasteiger partial charge in [-0.1, -0.05) is 11.6 Å². The molecule has 0 aliphatic carbocycles. The summed E-state index contributed by atoms with van der Waals surface area (Å²) in [7, 11) is 0. The minimum absolute atomic E-state index is 0.173. The van der Waals surface area contributed by atoms with Crippen LogP contribution >= 0.6 is 11.6 Å². The monoisotopic (exact) mass is 485 g/mol. The van der Waals surface area contributed by atoms with Crippen molar-refractivity contribution in [2.24, 2.45) is 0 Å². The standard InChI is InChI=1S/C24H32ClN7O2/c1-16-20(12-27-32(16)13-23(2,3)33)29-22-26-11-17-9-18(25)21(10-19(17)28-22)30-5-7-31(8-6-30)24(4)14-34-15-24/h9-12,33H,5-8,13-15H2,1-4H3,(H,26,28,29). The predicted molar refractivity (Wildman–Crippen MR) is 134 cm³/mol. The van der Waals surface area contributed by atoms with Crippen LogP contribution in [0, 0.1) is 6.92 Å². The molecule has 0 amide bonds. The molecular formula is C24H32ClN7O2. The van der Waals surface area contributed by atoms with Crippen LogP contribution in [0.2, 0.25) is 5.02 Å². The molecule has 3 aromatic rings. The van der Waals surface area contributed by atoms with E-state index in [0.29, 0.717) is 17.5 Å². The zero-order chi connectivity index (χ0) is 24.1. The third-order valence-corrected chi connectivity index (χ3v) is 7.05. The van der Waals surface area contributed by atoms with Crippen molar-refractivity contribution in [1.29, 1.82) is 0 Å². The molecular weight excluding hydrogens is 454 g/mol. The third-order valence-electron chi connectivity index (χ3n) is 6.74. The van der Waals surface area contributed by atoms with Gasteiger partial charge in [0.25, 0.3) is 0 Å². The number of fused-ring (bicyclic) bond motifs is 1. The molecule has 9 nitrogen and oxygen atoms in total. The highest BCUT2D eigenvalue weighted by Crippen LogP contribution is 2.33. The number of halogens is 1.